The van der Waals surface area contributed by atoms with Gasteiger partial charge in [-0.2, -0.15) is 26.3 Å². The fraction of sp³-hybridized carbons (Fsp3) is 0.263. The number of amides is 1. The van der Waals surface area contributed by atoms with Crippen molar-refractivity contribution in [1.82, 2.24) is 5.32 Å². The van der Waals surface area contributed by atoms with Crippen LogP contribution in [-0.2, 0) is 34.8 Å². The van der Waals surface area contributed by atoms with Crippen LogP contribution in [0.4, 0.5) is 26.3 Å². The smallest absolute Gasteiger partial charge is 0.416 e. The minimum atomic E-state index is -4.71. The number of carbonyl (C=O) groups excluding carboxylic acids is 1. The normalized spacial score (nSPS) is 13.0. The second-order valence-electron chi connectivity index (χ2n) is 6.19. The lowest BCUT2D eigenvalue weighted by Gasteiger charge is -2.18. The predicted molar refractivity (Wildman–Crippen MR) is 89.9 cm³/mol. The minimum absolute atomic E-state index is 0.0165. The molecule has 0 bridgehead atoms. The van der Waals surface area contributed by atoms with Gasteiger partial charge in [0.1, 0.15) is 6.04 Å². The molecule has 2 N–H and O–H groups in total. The largest absolute Gasteiger partial charge is 0.480 e. The van der Waals surface area contributed by atoms with Gasteiger partial charge in [-0.25, -0.2) is 4.79 Å². The number of rotatable bonds is 6. The molecule has 0 aliphatic rings. The summed E-state index contributed by atoms with van der Waals surface area (Å²) in [6, 6.07) is 6.56. The Morgan fingerprint density at radius 3 is 2.17 bits per heavy atom. The molecule has 0 aliphatic carbocycles. The second-order valence-corrected chi connectivity index (χ2v) is 6.19. The summed E-state index contributed by atoms with van der Waals surface area (Å²) in [6.45, 7) is 0. The average Bonchev–Trinajstić information content (AvgIpc) is 2.60. The number of benzene rings is 2. The minimum Gasteiger partial charge on any atom is -0.480 e. The van der Waals surface area contributed by atoms with Crippen molar-refractivity contribution in [2.45, 2.75) is 31.2 Å². The number of aliphatic carboxylic acids is 1. The third-order valence-corrected chi connectivity index (χ3v) is 4.00. The molecule has 1 amide bonds. The monoisotopic (exact) mass is 419 g/mol. The molecule has 2 aromatic rings. The van der Waals surface area contributed by atoms with Crippen molar-refractivity contribution in [3.8, 4) is 0 Å². The summed E-state index contributed by atoms with van der Waals surface area (Å²) in [7, 11) is 0. The molecule has 0 saturated carbocycles. The van der Waals surface area contributed by atoms with E-state index in [-0.39, 0.29) is 11.1 Å². The van der Waals surface area contributed by atoms with Crippen LogP contribution in [0.15, 0.2) is 48.5 Å². The number of carbonyl (C=O) groups is 2. The number of carboxylic acids is 1. The Kier molecular flexibility index (Phi) is 6.55. The Morgan fingerprint density at radius 1 is 0.931 bits per heavy atom. The Morgan fingerprint density at radius 2 is 1.59 bits per heavy atom. The molecule has 0 aromatic heterocycles. The van der Waals surface area contributed by atoms with Gasteiger partial charge in [0, 0.05) is 6.42 Å². The van der Waals surface area contributed by atoms with Gasteiger partial charge >= 0.3 is 18.3 Å². The van der Waals surface area contributed by atoms with Gasteiger partial charge in [-0.1, -0.05) is 36.4 Å². The third-order valence-electron chi connectivity index (χ3n) is 4.00. The van der Waals surface area contributed by atoms with Crippen LogP contribution < -0.4 is 5.32 Å². The number of hydrogen-bond acceptors (Lipinski definition) is 2. The molecule has 0 saturated heterocycles. The summed E-state index contributed by atoms with van der Waals surface area (Å²) in [5, 5.41) is 11.3. The average molecular weight is 419 g/mol. The molecule has 0 unspecified atom stereocenters. The van der Waals surface area contributed by atoms with Crippen molar-refractivity contribution >= 4 is 11.9 Å². The molecule has 156 valence electrons. The van der Waals surface area contributed by atoms with Gasteiger partial charge in [0.05, 0.1) is 17.5 Å². The summed E-state index contributed by atoms with van der Waals surface area (Å²) < 4.78 is 77.4. The highest BCUT2D eigenvalue weighted by Gasteiger charge is 2.34. The van der Waals surface area contributed by atoms with E-state index in [2.05, 4.69) is 5.32 Å². The van der Waals surface area contributed by atoms with Crippen molar-refractivity contribution in [3.05, 3.63) is 70.8 Å². The van der Waals surface area contributed by atoms with Crippen LogP contribution in [0.1, 0.15) is 22.3 Å². The summed E-state index contributed by atoms with van der Waals surface area (Å²) >= 11 is 0. The van der Waals surface area contributed by atoms with E-state index >= 15 is 0 Å². The summed E-state index contributed by atoms with van der Waals surface area (Å²) in [5.74, 6) is -2.50. The summed E-state index contributed by atoms with van der Waals surface area (Å²) in [5.41, 5.74) is -2.35. The Hall–Kier alpha value is -3.04. The fourth-order valence-corrected chi connectivity index (χ4v) is 2.68. The van der Waals surface area contributed by atoms with Crippen molar-refractivity contribution in [3.63, 3.8) is 0 Å². The van der Waals surface area contributed by atoms with Crippen molar-refractivity contribution in [2.75, 3.05) is 0 Å². The molecule has 29 heavy (non-hydrogen) atoms. The number of nitrogens with one attached hydrogen (secondary N) is 1. The van der Waals surface area contributed by atoms with E-state index in [1.54, 1.807) is 0 Å². The first-order valence-corrected chi connectivity index (χ1v) is 8.21. The lowest BCUT2D eigenvalue weighted by atomic mass is 9.99. The summed E-state index contributed by atoms with van der Waals surface area (Å²) in [4.78, 5) is 23.5. The SMILES string of the molecule is O=C(Cc1cccc(C(F)(F)F)c1)N[C@H](Cc1ccccc1C(F)(F)F)C(=O)O. The van der Waals surface area contributed by atoms with Crippen molar-refractivity contribution in [1.29, 1.82) is 0 Å². The van der Waals surface area contributed by atoms with Gasteiger partial charge in [-0.3, -0.25) is 4.79 Å². The Labute approximate surface area is 161 Å². The maximum atomic E-state index is 13.1. The van der Waals surface area contributed by atoms with Gasteiger partial charge in [0.15, 0.2) is 0 Å². The highest BCUT2D eigenvalue weighted by Crippen LogP contribution is 2.32. The maximum Gasteiger partial charge on any atom is 0.416 e. The standard InChI is InChI=1S/C19H15F6NO3/c20-18(21,22)13-6-3-4-11(8-13)9-16(27)26-15(17(28)29)10-12-5-1-2-7-14(12)19(23,24)25/h1-8,15H,9-10H2,(H,26,27)(H,28,29)/t15-/m1/s1. The molecule has 2 rings (SSSR count). The van der Waals surface area contributed by atoms with Gasteiger partial charge < -0.3 is 10.4 Å². The van der Waals surface area contributed by atoms with E-state index < -0.39 is 54.2 Å². The fourth-order valence-electron chi connectivity index (χ4n) is 2.68. The molecule has 0 fully saturated rings. The van der Waals surface area contributed by atoms with Crippen LogP contribution in [-0.4, -0.2) is 23.0 Å². The zero-order valence-corrected chi connectivity index (χ0v) is 14.6. The van der Waals surface area contributed by atoms with Gasteiger partial charge in [0.25, 0.3) is 0 Å². The van der Waals surface area contributed by atoms with Gasteiger partial charge in [-0.05, 0) is 23.3 Å². The maximum absolute atomic E-state index is 13.1. The zero-order valence-electron chi connectivity index (χ0n) is 14.6. The molecular weight excluding hydrogens is 404 g/mol. The molecular formula is C19H15F6NO3. The van der Waals surface area contributed by atoms with Gasteiger partial charge in [-0.15, -0.1) is 0 Å². The molecule has 0 aliphatic heterocycles. The van der Waals surface area contributed by atoms with E-state index in [1.165, 1.54) is 12.1 Å². The first kappa shape index (κ1) is 22.3. The van der Waals surface area contributed by atoms with E-state index in [4.69, 9.17) is 0 Å². The molecule has 4 nitrogen and oxygen atoms in total. The highest BCUT2D eigenvalue weighted by molar-refractivity contribution is 5.85. The number of carboxylic acid groups (broad SMARTS) is 1. The van der Waals surface area contributed by atoms with Gasteiger partial charge in [0.2, 0.25) is 5.91 Å². The number of halogens is 6. The summed E-state index contributed by atoms with van der Waals surface area (Å²) in [6.07, 6.45) is -10.5. The van der Waals surface area contributed by atoms with E-state index in [0.717, 1.165) is 36.4 Å². The lowest BCUT2D eigenvalue weighted by Crippen LogP contribution is -2.43. The second kappa shape index (κ2) is 8.54. The first-order chi connectivity index (χ1) is 13.4. The Balaban J connectivity index is 2.14. The Bertz CT molecular complexity index is 892. The quantitative estimate of drug-likeness (QED) is 0.694. The van der Waals surface area contributed by atoms with Crippen LogP contribution in [0, 0.1) is 0 Å². The lowest BCUT2D eigenvalue weighted by molar-refractivity contribution is -0.142. The zero-order chi connectivity index (χ0) is 21.8. The number of alkyl halides is 6. The van der Waals surface area contributed by atoms with E-state index in [9.17, 15) is 41.0 Å². The van der Waals surface area contributed by atoms with E-state index in [0.29, 0.717) is 0 Å². The van der Waals surface area contributed by atoms with Crippen molar-refractivity contribution < 1.29 is 41.0 Å². The molecule has 0 radical (unpaired) electrons. The first-order valence-electron chi connectivity index (χ1n) is 8.21. The van der Waals surface area contributed by atoms with Crippen LogP contribution in [0.25, 0.3) is 0 Å². The topological polar surface area (TPSA) is 66.4 Å². The van der Waals surface area contributed by atoms with Crippen LogP contribution in [0.3, 0.4) is 0 Å². The highest BCUT2D eigenvalue weighted by atomic mass is 19.4. The van der Waals surface area contributed by atoms with Crippen LogP contribution >= 0.6 is 0 Å². The van der Waals surface area contributed by atoms with Crippen LogP contribution in [0.2, 0.25) is 0 Å². The number of hydrogen-bond donors (Lipinski definition) is 2. The predicted octanol–water partition coefficient (Wildman–Crippen LogP) is 4.08. The molecule has 0 heterocycles. The molecule has 10 heteroatoms. The third kappa shape index (κ3) is 6.23. The molecule has 2 aromatic carbocycles. The van der Waals surface area contributed by atoms with Crippen LogP contribution in [0.5, 0.6) is 0 Å². The molecule has 0 spiro atoms. The molecule has 1 atom stereocenters. The van der Waals surface area contributed by atoms with Crippen molar-refractivity contribution in [2.24, 2.45) is 0 Å². The van der Waals surface area contributed by atoms with E-state index in [1.807, 2.05) is 0 Å².